The van der Waals surface area contributed by atoms with Gasteiger partial charge in [0, 0.05) is 26.2 Å². The van der Waals surface area contributed by atoms with Gasteiger partial charge in [0.15, 0.2) is 16.6 Å². The van der Waals surface area contributed by atoms with Crippen molar-refractivity contribution in [3.05, 3.63) is 42.2 Å². The van der Waals surface area contributed by atoms with E-state index in [4.69, 9.17) is 9.72 Å². The number of morpholine rings is 1. The molecule has 3 aromatic rings. The Morgan fingerprint density at radius 2 is 2.00 bits per heavy atom. The molecule has 1 atom stereocenters. The molecule has 5 rings (SSSR count). The van der Waals surface area contributed by atoms with Crippen LogP contribution in [0.1, 0.15) is 18.4 Å². The van der Waals surface area contributed by atoms with Crippen LogP contribution in [0.3, 0.4) is 0 Å². The first kappa shape index (κ1) is 19.2. The van der Waals surface area contributed by atoms with E-state index in [1.807, 2.05) is 30.3 Å². The minimum absolute atomic E-state index is 0.0510. The van der Waals surface area contributed by atoms with Gasteiger partial charge in [-0.05, 0) is 18.4 Å². The predicted molar refractivity (Wildman–Crippen MR) is 117 cm³/mol. The van der Waals surface area contributed by atoms with Crippen LogP contribution in [0.2, 0.25) is 0 Å². The van der Waals surface area contributed by atoms with Crippen LogP contribution in [0, 0.1) is 0 Å². The van der Waals surface area contributed by atoms with Crippen molar-refractivity contribution in [3.63, 3.8) is 0 Å². The van der Waals surface area contributed by atoms with Crippen molar-refractivity contribution in [1.82, 2.24) is 20.3 Å². The minimum atomic E-state index is -0.200. The number of ether oxygens (including phenoxy) is 1. The molecule has 1 amide bonds. The molecule has 2 aromatic heterocycles. The Hall–Kier alpha value is -2.78. The molecule has 0 spiro atoms. The van der Waals surface area contributed by atoms with E-state index >= 15 is 0 Å². The summed E-state index contributed by atoms with van der Waals surface area (Å²) in [7, 11) is 0. The summed E-state index contributed by atoms with van der Waals surface area (Å²) in [5.74, 6) is 0.964. The second kappa shape index (κ2) is 8.53. The zero-order chi connectivity index (χ0) is 20.3. The summed E-state index contributed by atoms with van der Waals surface area (Å²) < 4.78 is 6.44. The maximum absolute atomic E-state index is 12.9. The molecule has 4 heterocycles. The average Bonchev–Trinajstić information content (AvgIpc) is 3.45. The zero-order valence-corrected chi connectivity index (χ0v) is 17.5. The van der Waals surface area contributed by atoms with Gasteiger partial charge in [-0.1, -0.05) is 41.7 Å². The number of nitrogens with one attached hydrogen (secondary N) is 1. The number of hydrogen-bond donors (Lipinski definition) is 1. The molecular formula is C21H24N6O2S. The summed E-state index contributed by atoms with van der Waals surface area (Å²) in [6.07, 6.45) is 3.38. The highest BCUT2D eigenvalue weighted by Crippen LogP contribution is 2.36. The van der Waals surface area contributed by atoms with Gasteiger partial charge in [-0.15, -0.1) is 0 Å². The lowest BCUT2D eigenvalue weighted by atomic mass is 10.2. The van der Waals surface area contributed by atoms with E-state index in [1.54, 1.807) is 17.7 Å². The van der Waals surface area contributed by atoms with E-state index in [0.717, 1.165) is 53.7 Å². The van der Waals surface area contributed by atoms with Gasteiger partial charge < -0.3 is 19.9 Å². The van der Waals surface area contributed by atoms with Crippen molar-refractivity contribution >= 4 is 38.5 Å². The molecule has 2 aliphatic heterocycles. The zero-order valence-electron chi connectivity index (χ0n) is 16.7. The lowest BCUT2D eigenvalue weighted by Gasteiger charge is -2.27. The van der Waals surface area contributed by atoms with E-state index < -0.39 is 0 Å². The van der Waals surface area contributed by atoms with Crippen molar-refractivity contribution in [2.75, 3.05) is 42.6 Å². The van der Waals surface area contributed by atoms with Crippen molar-refractivity contribution in [3.8, 4) is 0 Å². The van der Waals surface area contributed by atoms with E-state index in [9.17, 15) is 4.79 Å². The van der Waals surface area contributed by atoms with E-state index in [-0.39, 0.29) is 11.9 Å². The van der Waals surface area contributed by atoms with Gasteiger partial charge in [0.2, 0.25) is 5.91 Å². The number of carbonyl (C=O) groups is 1. The molecule has 2 aliphatic rings. The van der Waals surface area contributed by atoms with E-state index in [0.29, 0.717) is 25.4 Å². The first-order valence-electron chi connectivity index (χ1n) is 10.3. The Morgan fingerprint density at radius 1 is 1.17 bits per heavy atom. The van der Waals surface area contributed by atoms with Crippen LogP contribution in [0.4, 0.5) is 10.9 Å². The second-order valence-corrected chi connectivity index (χ2v) is 8.48. The van der Waals surface area contributed by atoms with Gasteiger partial charge in [0.25, 0.3) is 0 Å². The van der Waals surface area contributed by atoms with E-state index in [1.165, 1.54) is 0 Å². The maximum atomic E-state index is 12.9. The Labute approximate surface area is 178 Å². The molecule has 156 valence electrons. The predicted octanol–water partition coefficient (Wildman–Crippen LogP) is 2.21. The third-order valence-electron chi connectivity index (χ3n) is 5.58. The van der Waals surface area contributed by atoms with Crippen molar-refractivity contribution in [2.45, 2.75) is 25.4 Å². The van der Waals surface area contributed by atoms with Gasteiger partial charge in [0.05, 0.1) is 13.2 Å². The summed E-state index contributed by atoms with van der Waals surface area (Å²) >= 11 is 1.58. The summed E-state index contributed by atoms with van der Waals surface area (Å²) in [5, 5.41) is 3.93. The number of thiazole rings is 1. The Kier molecular flexibility index (Phi) is 5.46. The first-order valence-corrected chi connectivity index (χ1v) is 11.1. The van der Waals surface area contributed by atoms with Crippen LogP contribution >= 0.6 is 11.3 Å². The third-order valence-corrected chi connectivity index (χ3v) is 6.66. The molecule has 0 radical (unpaired) electrons. The Balaban J connectivity index is 1.35. The van der Waals surface area contributed by atoms with Gasteiger partial charge in [0.1, 0.15) is 17.1 Å². The number of fused-ring (bicyclic) bond motifs is 1. The van der Waals surface area contributed by atoms with Crippen LogP contribution in [-0.2, 0) is 16.1 Å². The summed E-state index contributed by atoms with van der Waals surface area (Å²) in [5.41, 5.74) is 1.79. The standard InChI is InChI=1S/C21H24N6O2S/c28-20(22-13-15-5-2-1-3-6-15)16-7-4-8-27(16)21-25-18-17(30-21)19(24-14-23-18)26-9-11-29-12-10-26/h1-3,5-6,14,16H,4,7-13H2,(H,22,28)/t16-/m1/s1. The monoisotopic (exact) mass is 424 g/mol. The fraction of sp³-hybridized carbons (Fsp3) is 0.429. The Bertz CT molecular complexity index is 1020. The number of hydrogen-bond acceptors (Lipinski definition) is 8. The summed E-state index contributed by atoms with van der Waals surface area (Å²) in [4.78, 5) is 30.9. The van der Waals surface area contributed by atoms with Crippen molar-refractivity contribution < 1.29 is 9.53 Å². The molecule has 0 aliphatic carbocycles. The number of rotatable bonds is 5. The molecule has 9 heteroatoms. The number of benzene rings is 1. The lowest BCUT2D eigenvalue weighted by molar-refractivity contribution is -0.122. The molecule has 8 nitrogen and oxygen atoms in total. The first-order chi connectivity index (χ1) is 14.8. The normalized spacial score (nSPS) is 19.4. The highest BCUT2D eigenvalue weighted by atomic mass is 32.1. The maximum Gasteiger partial charge on any atom is 0.243 e. The van der Waals surface area contributed by atoms with Crippen LogP contribution in [0.25, 0.3) is 10.3 Å². The molecule has 0 saturated carbocycles. The molecule has 0 unspecified atom stereocenters. The SMILES string of the molecule is O=C(NCc1ccccc1)[C@H]1CCCN1c1nc2ncnc(N3CCOCC3)c2s1. The summed E-state index contributed by atoms with van der Waals surface area (Å²) in [6, 6.07) is 9.78. The van der Waals surface area contributed by atoms with Crippen molar-refractivity contribution in [2.24, 2.45) is 0 Å². The van der Waals surface area contributed by atoms with E-state index in [2.05, 4.69) is 25.1 Å². The molecule has 2 saturated heterocycles. The van der Waals surface area contributed by atoms with Crippen LogP contribution < -0.4 is 15.1 Å². The van der Waals surface area contributed by atoms with Gasteiger partial charge in [-0.2, -0.15) is 4.98 Å². The fourth-order valence-electron chi connectivity index (χ4n) is 4.03. The van der Waals surface area contributed by atoms with Crippen LogP contribution in [-0.4, -0.2) is 59.7 Å². The number of anilines is 2. The third kappa shape index (κ3) is 3.82. The van der Waals surface area contributed by atoms with Gasteiger partial charge >= 0.3 is 0 Å². The molecular weight excluding hydrogens is 400 g/mol. The van der Waals surface area contributed by atoms with Gasteiger partial charge in [-0.25, -0.2) is 9.97 Å². The van der Waals surface area contributed by atoms with Gasteiger partial charge in [-0.3, -0.25) is 4.79 Å². The van der Waals surface area contributed by atoms with Crippen molar-refractivity contribution in [1.29, 1.82) is 0 Å². The molecule has 0 bridgehead atoms. The van der Waals surface area contributed by atoms with Crippen LogP contribution in [0.15, 0.2) is 36.7 Å². The molecule has 2 fully saturated rings. The van der Waals surface area contributed by atoms with Crippen LogP contribution in [0.5, 0.6) is 0 Å². The number of nitrogens with zero attached hydrogens (tertiary/aromatic N) is 5. The second-order valence-electron chi connectivity index (χ2n) is 7.50. The number of amides is 1. The quantitative estimate of drug-likeness (QED) is 0.672. The highest BCUT2D eigenvalue weighted by molar-refractivity contribution is 7.22. The largest absolute Gasteiger partial charge is 0.378 e. The number of aromatic nitrogens is 3. The fourth-order valence-corrected chi connectivity index (χ4v) is 5.14. The topological polar surface area (TPSA) is 83.5 Å². The molecule has 30 heavy (non-hydrogen) atoms. The summed E-state index contributed by atoms with van der Waals surface area (Å²) in [6.45, 7) is 4.39. The molecule has 1 N–H and O–H groups in total. The number of carbonyl (C=O) groups excluding carboxylic acids is 1. The average molecular weight is 425 g/mol. The highest BCUT2D eigenvalue weighted by Gasteiger charge is 2.33. The Morgan fingerprint density at radius 3 is 2.83 bits per heavy atom. The smallest absolute Gasteiger partial charge is 0.243 e. The minimum Gasteiger partial charge on any atom is -0.378 e. The lowest BCUT2D eigenvalue weighted by Crippen LogP contribution is -2.43. The molecule has 1 aromatic carbocycles.